The maximum atomic E-state index is 13.4. The molecule has 1 N–H and O–H groups in total. The fourth-order valence-electron chi connectivity index (χ4n) is 1.57. The van der Waals surface area contributed by atoms with Crippen LogP contribution in [0.2, 0.25) is 0 Å². The summed E-state index contributed by atoms with van der Waals surface area (Å²) in [5.74, 6) is -0.923. The van der Waals surface area contributed by atoms with Gasteiger partial charge in [-0.3, -0.25) is 0 Å². The van der Waals surface area contributed by atoms with Gasteiger partial charge in [-0.05, 0) is 12.5 Å². The molecule has 1 unspecified atom stereocenters. The summed E-state index contributed by atoms with van der Waals surface area (Å²) in [6.45, 7) is 1.41. The number of rotatable bonds is 3. The van der Waals surface area contributed by atoms with Crippen LogP contribution < -0.4 is 0 Å². The molecule has 1 heterocycles. The molecule has 17 heavy (non-hydrogen) atoms. The zero-order chi connectivity index (χ0) is 12.4. The average Bonchev–Trinajstić information content (AvgIpc) is 2.78. The summed E-state index contributed by atoms with van der Waals surface area (Å²) in [6.07, 6.45) is -1.16. The van der Waals surface area contributed by atoms with Crippen molar-refractivity contribution in [3.63, 3.8) is 0 Å². The Balaban J connectivity index is 2.48. The topological polar surface area (TPSA) is 63.3 Å². The van der Waals surface area contributed by atoms with Crippen LogP contribution in [0.4, 0.5) is 4.39 Å². The van der Waals surface area contributed by atoms with Gasteiger partial charge in [0.2, 0.25) is 0 Å². The second-order valence-corrected chi connectivity index (χ2v) is 3.58. The summed E-state index contributed by atoms with van der Waals surface area (Å²) >= 11 is 0. The summed E-state index contributed by atoms with van der Waals surface area (Å²) in [5.41, 5.74) is 0.768. The van der Waals surface area contributed by atoms with E-state index in [4.69, 9.17) is 9.63 Å². The lowest BCUT2D eigenvalue weighted by atomic mass is 10.0. The summed E-state index contributed by atoms with van der Waals surface area (Å²) in [5, 5.41) is 12.1. The van der Waals surface area contributed by atoms with E-state index in [2.05, 4.69) is 5.16 Å². The van der Waals surface area contributed by atoms with Gasteiger partial charge in [0.25, 0.3) is 0 Å². The number of aromatic nitrogens is 1. The van der Waals surface area contributed by atoms with Crippen molar-refractivity contribution >= 4 is 5.97 Å². The van der Waals surface area contributed by atoms with Gasteiger partial charge in [0.1, 0.15) is 6.17 Å². The first kappa shape index (κ1) is 11.3. The smallest absolute Gasteiger partial charge is 0.358 e. The third-order valence-corrected chi connectivity index (χ3v) is 2.38. The highest BCUT2D eigenvalue weighted by atomic mass is 19.1. The Kier molecular flexibility index (Phi) is 2.91. The first-order chi connectivity index (χ1) is 8.09. The average molecular weight is 235 g/mol. The number of carboxylic acid groups (broad SMARTS) is 1. The number of halogens is 1. The Hall–Kier alpha value is -2.17. The second kappa shape index (κ2) is 4.37. The highest BCUT2D eigenvalue weighted by molar-refractivity contribution is 5.86. The van der Waals surface area contributed by atoms with E-state index in [0.29, 0.717) is 11.1 Å². The molecule has 1 atom stereocenters. The van der Waals surface area contributed by atoms with Crippen LogP contribution in [-0.4, -0.2) is 16.2 Å². The Morgan fingerprint density at radius 1 is 1.47 bits per heavy atom. The molecule has 1 aromatic heterocycles. The fourth-order valence-corrected chi connectivity index (χ4v) is 1.57. The summed E-state index contributed by atoms with van der Waals surface area (Å²) in [4.78, 5) is 10.7. The molecule has 0 spiro atoms. The van der Waals surface area contributed by atoms with Crippen LogP contribution in [0.15, 0.2) is 34.9 Å². The number of carbonyl (C=O) groups is 1. The highest BCUT2D eigenvalue weighted by Crippen LogP contribution is 2.30. The SMILES string of the molecule is CC(F)c1ccccc1-c1cc(C(=O)O)no1. The minimum atomic E-state index is -1.18. The molecule has 2 rings (SSSR count). The van der Waals surface area contributed by atoms with Crippen molar-refractivity contribution in [1.29, 1.82) is 0 Å². The van der Waals surface area contributed by atoms with Crippen LogP contribution in [0.5, 0.6) is 0 Å². The van der Waals surface area contributed by atoms with Gasteiger partial charge in [0.15, 0.2) is 11.5 Å². The van der Waals surface area contributed by atoms with E-state index in [9.17, 15) is 9.18 Å². The molecule has 0 aliphatic rings. The van der Waals surface area contributed by atoms with Gasteiger partial charge in [0, 0.05) is 11.6 Å². The number of hydrogen-bond acceptors (Lipinski definition) is 3. The molecule has 0 fully saturated rings. The van der Waals surface area contributed by atoms with Gasteiger partial charge in [-0.2, -0.15) is 0 Å². The summed E-state index contributed by atoms with van der Waals surface area (Å²) in [7, 11) is 0. The molecule has 0 radical (unpaired) electrons. The maximum absolute atomic E-state index is 13.4. The van der Waals surface area contributed by atoms with Crippen molar-refractivity contribution in [2.24, 2.45) is 0 Å². The monoisotopic (exact) mass is 235 g/mol. The molecular weight excluding hydrogens is 225 g/mol. The van der Waals surface area contributed by atoms with Crippen molar-refractivity contribution < 1.29 is 18.8 Å². The first-order valence-electron chi connectivity index (χ1n) is 5.03. The van der Waals surface area contributed by atoms with E-state index in [1.807, 2.05) is 0 Å². The van der Waals surface area contributed by atoms with Crippen molar-refractivity contribution in [3.8, 4) is 11.3 Å². The Morgan fingerprint density at radius 3 is 2.76 bits per heavy atom. The van der Waals surface area contributed by atoms with E-state index in [-0.39, 0.29) is 11.5 Å². The minimum absolute atomic E-state index is 0.193. The molecule has 0 bridgehead atoms. The summed E-state index contributed by atoms with van der Waals surface area (Å²) in [6, 6.07) is 8.01. The molecule has 4 nitrogen and oxygen atoms in total. The largest absolute Gasteiger partial charge is 0.476 e. The van der Waals surface area contributed by atoms with Crippen LogP contribution >= 0.6 is 0 Å². The van der Waals surface area contributed by atoms with Crippen molar-refractivity contribution in [2.45, 2.75) is 13.1 Å². The molecule has 1 aromatic carbocycles. The van der Waals surface area contributed by atoms with Crippen LogP contribution in [0, 0.1) is 0 Å². The van der Waals surface area contributed by atoms with Gasteiger partial charge in [-0.15, -0.1) is 0 Å². The molecular formula is C12H10FNO3. The van der Waals surface area contributed by atoms with Gasteiger partial charge in [-0.1, -0.05) is 29.4 Å². The van der Waals surface area contributed by atoms with Gasteiger partial charge >= 0.3 is 5.97 Å². The number of benzene rings is 1. The number of nitrogens with zero attached hydrogens (tertiary/aromatic N) is 1. The maximum Gasteiger partial charge on any atom is 0.358 e. The summed E-state index contributed by atoms with van der Waals surface area (Å²) < 4.78 is 18.3. The lowest BCUT2D eigenvalue weighted by Crippen LogP contribution is -1.94. The molecule has 5 heteroatoms. The highest BCUT2D eigenvalue weighted by Gasteiger charge is 2.16. The van der Waals surface area contributed by atoms with Gasteiger partial charge < -0.3 is 9.63 Å². The predicted octanol–water partition coefficient (Wildman–Crippen LogP) is 3.07. The number of carboxylic acids is 1. The number of alkyl halides is 1. The zero-order valence-corrected chi connectivity index (χ0v) is 9.05. The fraction of sp³-hybridized carbons (Fsp3) is 0.167. The van der Waals surface area contributed by atoms with Crippen molar-refractivity contribution in [1.82, 2.24) is 5.16 Å². The van der Waals surface area contributed by atoms with E-state index >= 15 is 0 Å². The molecule has 0 amide bonds. The van der Waals surface area contributed by atoms with Gasteiger partial charge in [0.05, 0.1) is 0 Å². The number of aromatic carboxylic acids is 1. The van der Waals surface area contributed by atoms with E-state index in [0.717, 1.165) is 0 Å². The lowest BCUT2D eigenvalue weighted by molar-refractivity contribution is 0.0686. The van der Waals surface area contributed by atoms with E-state index in [1.165, 1.54) is 13.0 Å². The quantitative estimate of drug-likeness (QED) is 0.887. The zero-order valence-electron chi connectivity index (χ0n) is 9.05. The van der Waals surface area contributed by atoms with Crippen LogP contribution in [0.3, 0.4) is 0 Å². The normalized spacial score (nSPS) is 12.4. The van der Waals surface area contributed by atoms with Crippen LogP contribution in [0.25, 0.3) is 11.3 Å². The molecule has 0 aliphatic carbocycles. The van der Waals surface area contributed by atoms with Gasteiger partial charge in [-0.25, -0.2) is 9.18 Å². The lowest BCUT2D eigenvalue weighted by Gasteiger charge is -2.06. The molecule has 2 aromatic rings. The minimum Gasteiger partial charge on any atom is -0.476 e. The molecule has 0 saturated heterocycles. The van der Waals surface area contributed by atoms with Crippen molar-refractivity contribution in [3.05, 3.63) is 41.6 Å². The molecule has 0 saturated carbocycles. The second-order valence-electron chi connectivity index (χ2n) is 3.58. The van der Waals surface area contributed by atoms with Crippen LogP contribution in [-0.2, 0) is 0 Å². The molecule has 0 aliphatic heterocycles. The van der Waals surface area contributed by atoms with Crippen molar-refractivity contribution in [2.75, 3.05) is 0 Å². The third kappa shape index (κ3) is 2.18. The van der Waals surface area contributed by atoms with E-state index < -0.39 is 12.1 Å². The first-order valence-corrected chi connectivity index (χ1v) is 5.03. The Labute approximate surface area is 96.7 Å². The third-order valence-electron chi connectivity index (χ3n) is 2.38. The Morgan fingerprint density at radius 2 is 2.18 bits per heavy atom. The standard InChI is InChI=1S/C12H10FNO3/c1-7(13)8-4-2-3-5-9(8)11-6-10(12(15)16)14-17-11/h2-7H,1H3,(H,15,16). The van der Waals surface area contributed by atoms with E-state index in [1.54, 1.807) is 24.3 Å². The molecule has 88 valence electrons. The Bertz CT molecular complexity index is 548. The number of hydrogen-bond donors (Lipinski definition) is 1. The van der Waals surface area contributed by atoms with Crippen LogP contribution in [0.1, 0.15) is 29.1 Å². The predicted molar refractivity (Wildman–Crippen MR) is 58.4 cm³/mol.